The molecule has 8 nitrogen and oxygen atoms in total. The second kappa shape index (κ2) is 12.3. The van der Waals surface area contributed by atoms with Gasteiger partial charge in [0.1, 0.15) is 11.8 Å². The minimum absolute atomic E-state index is 0.0983. The van der Waals surface area contributed by atoms with E-state index < -0.39 is 21.6 Å². The minimum atomic E-state index is -3.53. The smallest absolute Gasteiger partial charge is 0.242 e. The number of rotatable bonds is 11. The number of sulfonamides is 1. The third-order valence-corrected chi connectivity index (χ3v) is 6.81. The molecule has 36 heavy (non-hydrogen) atoms. The fourth-order valence-electron chi connectivity index (χ4n) is 3.77. The summed E-state index contributed by atoms with van der Waals surface area (Å²) in [6.45, 7) is 9.67. The number of carbonyl (C=O) groups is 2. The van der Waals surface area contributed by atoms with Crippen molar-refractivity contribution in [3.8, 4) is 5.75 Å². The van der Waals surface area contributed by atoms with Gasteiger partial charge < -0.3 is 15.0 Å². The zero-order chi connectivity index (χ0) is 27.1. The summed E-state index contributed by atoms with van der Waals surface area (Å²) in [5.74, 6) is 0.231. The van der Waals surface area contributed by atoms with Crippen LogP contribution in [0.25, 0.3) is 0 Å². The summed E-state index contributed by atoms with van der Waals surface area (Å²) >= 11 is 0. The molecule has 2 rings (SSSR count). The molecule has 0 spiro atoms. The Kier molecular flexibility index (Phi) is 9.93. The van der Waals surface area contributed by atoms with Gasteiger partial charge in [0, 0.05) is 25.0 Å². The van der Waals surface area contributed by atoms with E-state index in [2.05, 4.69) is 5.32 Å². The van der Waals surface area contributed by atoms with E-state index in [1.807, 2.05) is 58.0 Å². The summed E-state index contributed by atoms with van der Waals surface area (Å²) in [5, 5.41) is 2.94. The van der Waals surface area contributed by atoms with E-state index in [4.69, 9.17) is 4.74 Å². The first-order chi connectivity index (χ1) is 16.7. The summed E-state index contributed by atoms with van der Waals surface area (Å²) in [4.78, 5) is 27.8. The summed E-state index contributed by atoms with van der Waals surface area (Å²) in [6, 6.07) is 13.9. The number of carbonyl (C=O) groups excluding carboxylic acids is 2. The Morgan fingerprint density at radius 3 is 2.25 bits per heavy atom. The van der Waals surface area contributed by atoms with Crippen molar-refractivity contribution >= 4 is 27.5 Å². The predicted molar refractivity (Wildman–Crippen MR) is 144 cm³/mol. The van der Waals surface area contributed by atoms with Crippen molar-refractivity contribution in [2.45, 2.75) is 65.6 Å². The molecule has 9 heteroatoms. The Balaban J connectivity index is 2.19. The zero-order valence-electron chi connectivity index (χ0n) is 22.4. The van der Waals surface area contributed by atoms with Crippen LogP contribution in [0.15, 0.2) is 48.5 Å². The number of nitrogens with one attached hydrogen (secondary N) is 1. The molecule has 0 unspecified atom stereocenters. The molecule has 0 aliphatic rings. The lowest BCUT2D eigenvalue weighted by Crippen LogP contribution is -2.52. The van der Waals surface area contributed by atoms with Gasteiger partial charge in [0.2, 0.25) is 21.8 Å². The monoisotopic (exact) mass is 517 g/mol. The fraction of sp³-hybridized carbons (Fsp3) is 0.481. The van der Waals surface area contributed by atoms with Crippen molar-refractivity contribution in [1.29, 1.82) is 0 Å². The molecule has 2 aromatic carbocycles. The van der Waals surface area contributed by atoms with Crippen LogP contribution >= 0.6 is 0 Å². The molecule has 0 radical (unpaired) electrons. The van der Waals surface area contributed by atoms with Gasteiger partial charge in [-0.1, -0.05) is 24.3 Å². The molecule has 0 fully saturated rings. The van der Waals surface area contributed by atoms with E-state index in [0.29, 0.717) is 17.9 Å². The van der Waals surface area contributed by atoms with E-state index in [1.54, 1.807) is 37.1 Å². The third-order valence-electron chi connectivity index (χ3n) is 5.62. The number of nitrogens with zero attached hydrogens (tertiary/aromatic N) is 2. The average Bonchev–Trinajstić information content (AvgIpc) is 2.78. The Bertz CT molecular complexity index is 1140. The van der Waals surface area contributed by atoms with Gasteiger partial charge in [-0.2, -0.15) is 0 Å². The molecule has 1 atom stereocenters. The molecule has 0 bridgehead atoms. The largest absolute Gasteiger partial charge is 0.497 e. The number of aryl methyl sites for hydroxylation is 1. The summed E-state index contributed by atoms with van der Waals surface area (Å²) in [5.41, 5.74) is 1.93. The second-order valence-electron chi connectivity index (χ2n) is 10.1. The molecule has 198 valence electrons. The van der Waals surface area contributed by atoms with Gasteiger partial charge in [0.15, 0.2) is 0 Å². The Morgan fingerprint density at radius 2 is 1.72 bits per heavy atom. The van der Waals surface area contributed by atoms with Crippen molar-refractivity contribution in [1.82, 2.24) is 10.2 Å². The Morgan fingerprint density at radius 1 is 1.08 bits per heavy atom. The molecular weight excluding hydrogens is 478 g/mol. The van der Waals surface area contributed by atoms with Gasteiger partial charge in [-0.25, -0.2) is 8.42 Å². The first-order valence-electron chi connectivity index (χ1n) is 12.0. The van der Waals surface area contributed by atoms with Crippen molar-refractivity contribution in [2.24, 2.45) is 0 Å². The number of hydrogen-bond donors (Lipinski definition) is 1. The van der Waals surface area contributed by atoms with E-state index in [1.165, 1.54) is 4.31 Å². The molecule has 0 aliphatic carbocycles. The van der Waals surface area contributed by atoms with Crippen LogP contribution < -0.4 is 14.4 Å². The standard InChI is InChI=1S/C27H39N3O5S/c1-20-10-8-11-23(18-20)30(36(7,33)34)17-9-12-25(31)29(21(2)26(32)28-27(3,4)5)19-22-13-15-24(35-6)16-14-22/h8,10-11,13-16,18,21H,9,12,17,19H2,1-7H3,(H,28,32)/t21-/m1/s1. The molecule has 0 saturated carbocycles. The molecule has 0 aromatic heterocycles. The Hall–Kier alpha value is -3.07. The number of hydrogen-bond acceptors (Lipinski definition) is 5. The van der Waals surface area contributed by atoms with Gasteiger partial charge in [0.25, 0.3) is 0 Å². The summed E-state index contributed by atoms with van der Waals surface area (Å²) < 4.78 is 31.4. The zero-order valence-corrected chi connectivity index (χ0v) is 23.2. The van der Waals surface area contributed by atoms with Crippen molar-refractivity contribution < 1.29 is 22.7 Å². The predicted octanol–water partition coefficient (Wildman–Crippen LogP) is 3.88. The van der Waals surface area contributed by atoms with Crippen LogP contribution in [0.3, 0.4) is 0 Å². The van der Waals surface area contributed by atoms with Crippen LogP contribution in [0.4, 0.5) is 5.69 Å². The SMILES string of the molecule is COc1ccc(CN(C(=O)CCCN(c2cccc(C)c2)S(C)(=O)=O)[C@H](C)C(=O)NC(C)(C)C)cc1. The number of ether oxygens (including phenoxy) is 1. The molecule has 0 heterocycles. The molecule has 2 aromatic rings. The molecule has 0 aliphatic heterocycles. The quantitative estimate of drug-likeness (QED) is 0.488. The number of amides is 2. The lowest BCUT2D eigenvalue weighted by atomic mass is 10.1. The van der Waals surface area contributed by atoms with Gasteiger partial charge in [0.05, 0.1) is 19.1 Å². The number of benzene rings is 2. The Labute approximate surface area is 215 Å². The number of methoxy groups -OCH3 is 1. The van der Waals surface area contributed by atoms with Crippen LogP contribution in [-0.4, -0.2) is 56.6 Å². The highest BCUT2D eigenvalue weighted by Crippen LogP contribution is 2.21. The van der Waals surface area contributed by atoms with E-state index >= 15 is 0 Å². The van der Waals surface area contributed by atoms with Crippen LogP contribution in [0, 0.1) is 6.92 Å². The maximum Gasteiger partial charge on any atom is 0.242 e. The first kappa shape index (κ1) is 29.2. The van der Waals surface area contributed by atoms with Crippen molar-refractivity contribution in [3.63, 3.8) is 0 Å². The molecular formula is C27H39N3O5S. The highest BCUT2D eigenvalue weighted by atomic mass is 32.2. The summed E-state index contributed by atoms with van der Waals surface area (Å²) in [6.07, 6.45) is 1.57. The topological polar surface area (TPSA) is 96.0 Å². The van der Waals surface area contributed by atoms with E-state index in [9.17, 15) is 18.0 Å². The average molecular weight is 518 g/mol. The maximum atomic E-state index is 13.4. The highest BCUT2D eigenvalue weighted by molar-refractivity contribution is 7.92. The normalized spacial score (nSPS) is 12.5. The van der Waals surface area contributed by atoms with Crippen LogP contribution in [0.5, 0.6) is 5.75 Å². The third kappa shape index (κ3) is 8.86. The van der Waals surface area contributed by atoms with Crippen LogP contribution in [0.1, 0.15) is 51.7 Å². The summed E-state index contributed by atoms with van der Waals surface area (Å²) in [7, 11) is -1.94. The van der Waals surface area contributed by atoms with Crippen molar-refractivity contribution in [2.75, 3.05) is 24.2 Å². The molecule has 1 N–H and O–H groups in total. The molecule has 2 amide bonds. The second-order valence-corrected chi connectivity index (χ2v) is 12.0. The van der Waals surface area contributed by atoms with E-state index in [0.717, 1.165) is 17.4 Å². The van der Waals surface area contributed by atoms with Crippen LogP contribution in [-0.2, 0) is 26.2 Å². The number of anilines is 1. The lowest BCUT2D eigenvalue weighted by molar-refractivity contribution is -0.141. The van der Waals surface area contributed by atoms with Gasteiger partial charge in [-0.3, -0.25) is 13.9 Å². The van der Waals surface area contributed by atoms with Gasteiger partial charge >= 0.3 is 0 Å². The highest BCUT2D eigenvalue weighted by Gasteiger charge is 2.28. The lowest BCUT2D eigenvalue weighted by Gasteiger charge is -2.32. The van der Waals surface area contributed by atoms with Gasteiger partial charge in [-0.05, 0) is 76.4 Å². The van der Waals surface area contributed by atoms with Gasteiger partial charge in [-0.15, -0.1) is 0 Å². The van der Waals surface area contributed by atoms with Crippen LogP contribution in [0.2, 0.25) is 0 Å². The molecule has 0 saturated heterocycles. The first-order valence-corrected chi connectivity index (χ1v) is 13.8. The van der Waals surface area contributed by atoms with Crippen molar-refractivity contribution in [3.05, 3.63) is 59.7 Å². The fourth-order valence-corrected chi connectivity index (χ4v) is 4.73. The van der Waals surface area contributed by atoms with E-state index in [-0.39, 0.29) is 31.3 Å². The minimum Gasteiger partial charge on any atom is -0.497 e. The maximum absolute atomic E-state index is 13.4.